The Morgan fingerprint density at radius 2 is 2.00 bits per heavy atom. The molecule has 2 rings (SSSR count). The van der Waals surface area contributed by atoms with Crippen LogP contribution in [-0.2, 0) is 24.4 Å². The third-order valence-electron chi connectivity index (χ3n) is 3.75. The van der Waals surface area contributed by atoms with Crippen molar-refractivity contribution in [3.8, 4) is 5.75 Å². The van der Waals surface area contributed by atoms with E-state index in [2.05, 4.69) is 11.9 Å². The molecule has 2 amide bonds. The van der Waals surface area contributed by atoms with Gasteiger partial charge in [-0.2, -0.15) is 0 Å². The largest absolute Gasteiger partial charge is 0.484 e. The van der Waals surface area contributed by atoms with Gasteiger partial charge in [0.2, 0.25) is 5.91 Å². The van der Waals surface area contributed by atoms with E-state index in [1.54, 1.807) is 24.3 Å². The van der Waals surface area contributed by atoms with E-state index in [4.69, 9.17) is 27.0 Å². The summed E-state index contributed by atoms with van der Waals surface area (Å²) in [5.74, 6) is -2.32. The fourth-order valence-electron chi connectivity index (χ4n) is 2.55. The number of hydrogen-bond donors (Lipinski definition) is 2. The Labute approximate surface area is 167 Å². The van der Waals surface area contributed by atoms with Crippen LogP contribution in [-0.4, -0.2) is 56.1 Å². The van der Waals surface area contributed by atoms with E-state index in [1.807, 2.05) is 0 Å². The average Bonchev–Trinajstić information content (AvgIpc) is 2.58. The average molecular weight is 435 g/mol. The number of β-lactam (4-membered cyclic amide) rings is 1. The summed E-state index contributed by atoms with van der Waals surface area (Å²) >= 11 is 5.75. The molecule has 1 aromatic rings. The number of nitrogens with one attached hydrogen (secondary N) is 1. The van der Waals surface area contributed by atoms with Crippen molar-refractivity contribution in [2.24, 2.45) is 0 Å². The fourth-order valence-corrected chi connectivity index (χ4v) is 4.05. The minimum atomic E-state index is -2.11. The zero-order valence-corrected chi connectivity index (χ0v) is 16.4. The van der Waals surface area contributed by atoms with Crippen LogP contribution < -0.4 is 10.1 Å². The summed E-state index contributed by atoms with van der Waals surface area (Å²) in [6.45, 7) is 4.55. The molecule has 146 valence electrons. The first-order chi connectivity index (χ1) is 12.6. The summed E-state index contributed by atoms with van der Waals surface area (Å²) in [7, 11) is 3.51. The van der Waals surface area contributed by atoms with E-state index in [-0.39, 0.29) is 5.57 Å². The van der Waals surface area contributed by atoms with E-state index in [0.717, 1.165) is 4.90 Å². The van der Waals surface area contributed by atoms with Gasteiger partial charge in [-0.1, -0.05) is 18.2 Å². The summed E-state index contributed by atoms with van der Waals surface area (Å²) in [5.41, 5.74) is 0.166. The zero-order chi connectivity index (χ0) is 20.3. The molecule has 1 aliphatic rings. The monoisotopic (exact) mass is 434 g/mol. The number of halogens is 2. The van der Waals surface area contributed by atoms with Gasteiger partial charge in [-0.3, -0.25) is 9.59 Å². The van der Waals surface area contributed by atoms with Crippen LogP contribution in [0.15, 0.2) is 36.4 Å². The molecule has 0 bridgehead atoms. The Bertz CT molecular complexity index is 787. The predicted octanol–water partition coefficient (Wildman–Crippen LogP) is 1.30. The Morgan fingerprint density at radius 3 is 2.48 bits per heavy atom. The summed E-state index contributed by atoms with van der Waals surface area (Å²) in [5, 5.41) is 10.9. The van der Waals surface area contributed by atoms with Gasteiger partial charge in [0.1, 0.15) is 21.8 Å². The second-order valence-electron chi connectivity index (χ2n) is 5.76. The van der Waals surface area contributed by atoms with Crippen LogP contribution in [0, 0.1) is 0 Å². The van der Waals surface area contributed by atoms with E-state index >= 15 is 0 Å². The summed E-state index contributed by atoms with van der Waals surface area (Å²) in [4.78, 5) is 36.6. The number of benzene rings is 1. The van der Waals surface area contributed by atoms with E-state index in [9.17, 15) is 23.7 Å². The number of carboxylic acid groups (broad SMARTS) is 1. The van der Waals surface area contributed by atoms with Crippen molar-refractivity contribution in [2.75, 3.05) is 6.61 Å². The lowest BCUT2D eigenvalue weighted by Gasteiger charge is -2.47. The molecule has 0 spiro atoms. The smallest absolute Gasteiger partial charge is 0.330 e. The molecule has 1 heterocycles. The first-order valence-electron chi connectivity index (χ1n) is 7.58. The van der Waals surface area contributed by atoms with E-state index in [0.29, 0.717) is 10.8 Å². The third-order valence-corrected chi connectivity index (χ3v) is 5.43. The molecule has 0 aromatic heterocycles. The van der Waals surface area contributed by atoms with E-state index < -0.39 is 51.9 Å². The van der Waals surface area contributed by atoms with Crippen LogP contribution in [0.1, 0.15) is 6.92 Å². The van der Waals surface area contributed by atoms with Crippen LogP contribution in [0.25, 0.3) is 0 Å². The van der Waals surface area contributed by atoms with Crippen molar-refractivity contribution in [3.63, 3.8) is 0 Å². The maximum Gasteiger partial charge on any atom is 0.330 e. The highest BCUT2D eigenvalue weighted by Crippen LogP contribution is 2.30. The SMILES string of the molecule is C=C(C)C(C(=O)O)N1C(=O)C(NC(=O)COc2ccc(Cl)cc2)C1S(=O)Cl. The molecule has 2 N–H and O–H groups in total. The quantitative estimate of drug-likeness (QED) is 0.362. The van der Waals surface area contributed by atoms with Crippen LogP contribution in [0.2, 0.25) is 5.02 Å². The molecule has 0 radical (unpaired) electrons. The molecular formula is C16H16Cl2N2O6S. The number of aliphatic carboxylic acids is 1. The van der Waals surface area contributed by atoms with Crippen molar-refractivity contribution in [1.29, 1.82) is 0 Å². The van der Waals surface area contributed by atoms with Gasteiger partial charge < -0.3 is 20.1 Å². The molecule has 1 aromatic carbocycles. The van der Waals surface area contributed by atoms with Gasteiger partial charge >= 0.3 is 5.97 Å². The number of carbonyl (C=O) groups is 3. The second kappa shape index (κ2) is 8.73. The third kappa shape index (κ3) is 4.79. The Kier molecular flexibility index (Phi) is 6.85. The number of amides is 2. The maximum absolute atomic E-state index is 12.3. The Hall–Kier alpha value is -2.10. The van der Waals surface area contributed by atoms with Gasteiger partial charge in [-0.15, -0.1) is 0 Å². The highest BCUT2D eigenvalue weighted by atomic mass is 35.7. The molecule has 27 heavy (non-hydrogen) atoms. The zero-order valence-electron chi connectivity index (χ0n) is 14.1. The molecule has 1 saturated heterocycles. The lowest BCUT2D eigenvalue weighted by atomic mass is 9.99. The minimum absolute atomic E-state index is 0.166. The highest BCUT2D eigenvalue weighted by molar-refractivity contribution is 8.08. The molecule has 0 saturated carbocycles. The summed E-state index contributed by atoms with van der Waals surface area (Å²) in [6.07, 6.45) is 0. The first kappa shape index (κ1) is 21.2. The summed E-state index contributed by atoms with van der Waals surface area (Å²) < 4.78 is 17.1. The lowest BCUT2D eigenvalue weighted by Crippen LogP contribution is -2.75. The van der Waals surface area contributed by atoms with Crippen molar-refractivity contribution in [2.45, 2.75) is 24.4 Å². The second-order valence-corrected chi connectivity index (χ2v) is 8.09. The summed E-state index contributed by atoms with van der Waals surface area (Å²) in [6, 6.07) is 3.69. The van der Waals surface area contributed by atoms with Gasteiger partial charge in [-0.05, 0) is 47.4 Å². The number of likely N-dealkylation sites (tertiary alicyclic amines) is 1. The number of nitrogens with zero attached hydrogens (tertiary/aromatic N) is 1. The van der Waals surface area contributed by atoms with Gasteiger partial charge in [0.05, 0.1) is 0 Å². The minimum Gasteiger partial charge on any atom is -0.484 e. The van der Waals surface area contributed by atoms with Crippen LogP contribution in [0.3, 0.4) is 0 Å². The molecule has 1 fully saturated rings. The molecule has 8 nitrogen and oxygen atoms in total. The van der Waals surface area contributed by atoms with Gasteiger partial charge in [0.15, 0.2) is 18.0 Å². The lowest BCUT2D eigenvalue weighted by molar-refractivity contribution is -0.160. The van der Waals surface area contributed by atoms with E-state index in [1.165, 1.54) is 6.92 Å². The normalized spacial score (nSPS) is 21.0. The van der Waals surface area contributed by atoms with Crippen molar-refractivity contribution in [3.05, 3.63) is 41.4 Å². The highest BCUT2D eigenvalue weighted by Gasteiger charge is 2.56. The van der Waals surface area contributed by atoms with Crippen LogP contribution in [0.4, 0.5) is 0 Å². The topological polar surface area (TPSA) is 113 Å². The Balaban J connectivity index is 2.03. The molecule has 4 unspecified atom stereocenters. The van der Waals surface area contributed by atoms with Crippen molar-refractivity contribution < 1.29 is 28.4 Å². The number of carboxylic acids is 1. The number of carbonyl (C=O) groups excluding carboxylic acids is 2. The molecule has 4 atom stereocenters. The Morgan fingerprint density at radius 1 is 1.41 bits per heavy atom. The number of rotatable bonds is 8. The van der Waals surface area contributed by atoms with Gasteiger partial charge in [-0.25, -0.2) is 9.00 Å². The number of ether oxygens (including phenoxy) is 1. The van der Waals surface area contributed by atoms with Gasteiger partial charge in [0.25, 0.3) is 5.91 Å². The molecule has 0 aliphatic carbocycles. The van der Waals surface area contributed by atoms with Crippen LogP contribution >= 0.6 is 22.3 Å². The van der Waals surface area contributed by atoms with Crippen molar-refractivity contribution >= 4 is 50.1 Å². The predicted molar refractivity (Wildman–Crippen MR) is 99.7 cm³/mol. The van der Waals surface area contributed by atoms with Crippen molar-refractivity contribution in [1.82, 2.24) is 10.2 Å². The molecule has 11 heteroatoms. The number of hydrogen-bond acceptors (Lipinski definition) is 5. The standard InChI is InChI=1S/C16H16Cl2N2O6S/c1-8(2)13(16(23)24)20-14(22)12(15(20)27(18)25)19-11(21)7-26-10-5-3-9(17)4-6-10/h3-6,12-13,15H,1,7H2,2H3,(H,19,21)(H,23,24). The van der Waals surface area contributed by atoms with Crippen LogP contribution in [0.5, 0.6) is 5.75 Å². The fraction of sp³-hybridized carbons (Fsp3) is 0.312. The first-order valence-corrected chi connectivity index (χ1v) is 10.00. The molecule has 1 aliphatic heterocycles. The molecular weight excluding hydrogens is 419 g/mol. The maximum atomic E-state index is 12.3. The van der Waals surface area contributed by atoms with Gasteiger partial charge in [0, 0.05) is 5.02 Å².